The van der Waals surface area contributed by atoms with Crippen LogP contribution in [0, 0.1) is 0 Å². The molecule has 0 saturated heterocycles. The predicted octanol–water partition coefficient (Wildman–Crippen LogP) is 1.71. The maximum absolute atomic E-state index is 5.50. The Labute approximate surface area is 100 Å². The van der Waals surface area contributed by atoms with E-state index in [0.717, 1.165) is 12.3 Å². The molecular weight excluding hydrogens is 218 g/mol. The Morgan fingerprint density at radius 2 is 2.00 bits per heavy atom. The lowest BCUT2D eigenvalue weighted by molar-refractivity contribution is 0.242. The molecule has 2 aromatic rings. The van der Waals surface area contributed by atoms with Crippen molar-refractivity contribution < 1.29 is 9.26 Å². The first-order chi connectivity index (χ1) is 8.24. The molecule has 0 atom stereocenters. The van der Waals surface area contributed by atoms with Gasteiger partial charge in [-0.05, 0) is 31.8 Å². The van der Waals surface area contributed by atoms with E-state index in [9.17, 15) is 0 Å². The lowest BCUT2D eigenvalue weighted by Gasteiger charge is -2.10. The van der Waals surface area contributed by atoms with Gasteiger partial charge in [0.15, 0.2) is 12.9 Å². The summed E-state index contributed by atoms with van der Waals surface area (Å²) in [7, 11) is 4.08. The fourth-order valence-electron chi connectivity index (χ4n) is 1.46. The van der Waals surface area contributed by atoms with Crippen molar-refractivity contribution in [3.05, 3.63) is 42.0 Å². The van der Waals surface area contributed by atoms with Gasteiger partial charge < -0.3 is 14.2 Å². The van der Waals surface area contributed by atoms with Crippen LogP contribution in [0.2, 0.25) is 0 Å². The third-order valence-corrected chi connectivity index (χ3v) is 2.19. The van der Waals surface area contributed by atoms with E-state index in [0.29, 0.717) is 12.5 Å². The molecule has 0 fully saturated rings. The van der Waals surface area contributed by atoms with Crippen molar-refractivity contribution in [2.75, 3.05) is 14.1 Å². The summed E-state index contributed by atoms with van der Waals surface area (Å²) in [5.41, 5.74) is 1.25. The van der Waals surface area contributed by atoms with Gasteiger partial charge in [-0.2, -0.15) is 4.98 Å². The molecule has 5 nitrogen and oxygen atoms in total. The number of benzene rings is 1. The predicted molar refractivity (Wildman–Crippen MR) is 62.5 cm³/mol. The maximum atomic E-state index is 5.50. The monoisotopic (exact) mass is 233 g/mol. The Kier molecular flexibility index (Phi) is 3.72. The van der Waals surface area contributed by atoms with Crippen LogP contribution < -0.4 is 4.74 Å². The van der Waals surface area contributed by atoms with Crippen LogP contribution in [-0.4, -0.2) is 29.1 Å². The smallest absolute Gasteiger partial charge is 0.264 e. The van der Waals surface area contributed by atoms with Crippen LogP contribution in [0.25, 0.3) is 0 Å². The molecule has 0 aliphatic heterocycles. The molecule has 0 bridgehead atoms. The van der Waals surface area contributed by atoms with Gasteiger partial charge in [-0.15, -0.1) is 0 Å². The summed E-state index contributed by atoms with van der Waals surface area (Å²) in [4.78, 5) is 6.00. The van der Waals surface area contributed by atoms with E-state index in [4.69, 9.17) is 9.26 Å². The van der Waals surface area contributed by atoms with Gasteiger partial charge in [0.25, 0.3) is 5.89 Å². The molecule has 90 valence electrons. The molecule has 1 heterocycles. The zero-order chi connectivity index (χ0) is 12.1. The lowest BCUT2D eigenvalue weighted by atomic mass is 10.2. The van der Waals surface area contributed by atoms with Gasteiger partial charge in [-0.3, -0.25) is 0 Å². The Morgan fingerprint density at radius 3 is 2.59 bits per heavy atom. The van der Waals surface area contributed by atoms with E-state index in [-0.39, 0.29) is 0 Å². The molecule has 0 unspecified atom stereocenters. The number of hydrogen-bond donors (Lipinski definition) is 0. The first-order valence-corrected chi connectivity index (χ1v) is 5.36. The summed E-state index contributed by atoms with van der Waals surface area (Å²) < 4.78 is 10.3. The van der Waals surface area contributed by atoms with E-state index in [2.05, 4.69) is 15.0 Å². The van der Waals surface area contributed by atoms with Gasteiger partial charge in [0, 0.05) is 6.54 Å². The van der Waals surface area contributed by atoms with E-state index in [1.807, 2.05) is 38.4 Å². The number of ether oxygens (including phenoxy) is 1. The van der Waals surface area contributed by atoms with Gasteiger partial charge in [0.2, 0.25) is 0 Å². The lowest BCUT2D eigenvalue weighted by Crippen LogP contribution is -2.10. The molecule has 1 aromatic heterocycles. The van der Waals surface area contributed by atoms with Crippen molar-refractivity contribution in [3.63, 3.8) is 0 Å². The largest absolute Gasteiger partial charge is 0.484 e. The quantitative estimate of drug-likeness (QED) is 0.787. The third-order valence-electron chi connectivity index (χ3n) is 2.19. The fourth-order valence-corrected chi connectivity index (χ4v) is 1.46. The molecule has 0 saturated carbocycles. The number of aromatic nitrogens is 2. The van der Waals surface area contributed by atoms with E-state index in [1.54, 1.807) is 0 Å². The minimum absolute atomic E-state index is 0.299. The average molecular weight is 233 g/mol. The molecule has 0 aliphatic rings. The number of nitrogens with zero attached hydrogens (tertiary/aromatic N) is 3. The standard InChI is InChI=1S/C12H15N3O2/c1-15(2)7-10-3-5-11(6-4-10)16-8-12-13-9-14-17-12/h3-6,9H,7-8H2,1-2H3. The molecule has 0 radical (unpaired) electrons. The van der Waals surface area contributed by atoms with Crippen molar-refractivity contribution in [1.82, 2.24) is 15.0 Å². The van der Waals surface area contributed by atoms with Gasteiger partial charge in [0.05, 0.1) is 0 Å². The van der Waals surface area contributed by atoms with Gasteiger partial charge in [-0.25, -0.2) is 0 Å². The van der Waals surface area contributed by atoms with Gasteiger partial charge in [0.1, 0.15) is 5.75 Å². The first kappa shape index (κ1) is 11.6. The summed E-state index contributed by atoms with van der Waals surface area (Å²) in [5, 5.41) is 3.51. The average Bonchev–Trinajstić information content (AvgIpc) is 2.80. The van der Waals surface area contributed by atoms with Crippen LogP contribution in [0.4, 0.5) is 0 Å². The fraction of sp³-hybridized carbons (Fsp3) is 0.333. The summed E-state index contributed by atoms with van der Waals surface area (Å²) in [6.07, 6.45) is 1.36. The summed E-state index contributed by atoms with van der Waals surface area (Å²) in [6.45, 7) is 1.22. The second kappa shape index (κ2) is 5.45. The normalized spacial score (nSPS) is 10.8. The van der Waals surface area contributed by atoms with Crippen LogP contribution in [-0.2, 0) is 13.2 Å². The van der Waals surface area contributed by atoms with Crippen molar-refractivity contribution in [1.29, 1.82) is 0 Å². The van der Waals surface area contributed by atoms with Crippen molar-refractivity contribution >= 4 is 0 Å². The van der Waals surface area contributed by atoms with Crippen LogP contribution in [0.5, 0.6) is 5.75 Å². The van der Waals surface area contributed by atoms with Crippen LogP contribution in [0.1, 0.15) is 11.5 Å². The van der Waals surface area contributed by atoms with Gasteiger partial charge >= 0.3 is 0 Å². The minimum atomic E-state index is 0.299. The Morgan fingerprint density at radius 1 is 1.24 bits per heavy atom. The van der Waals surface area contributed by atoms with Crippen LogP contribution in [0.15, 0.2) is 35.1 Å². The summed E-state index contributed by atoms with van der Waals surface area (Å²) >= 11 is 0. The molecule has 1 aromatic carbocycles. The Hall–Kier alpha value is -1.88. The SMILES string of the molecule is CN(C)Cc1ccc(OCc2ncno2)cc1. The molecule has 0 spiro atoms. The van der Waals surface area contributed by atoms with Crippen molar-refractivity contribution in [3.8, 4) is 5.75 Å². The number of rotatable bonds is 5. The van der Waals surface area contributed by atoms with Crippen molar-refractivity contribution in [2.45, 2.75) is 13.2 Å². The van der Waals surface area contributed by atoms with Crippen LogP contribution in [0.3, 0.4) is 0 Å². The Bertz CT molecular complexity index is 437. The molecule has 0 N–H and O–H groups in total. The zero-order valence-electron chi connectivity index (χ0n) is 9.96. The summed E-state index contributed by atoms with van der Waals surface area (Å²) in [6, 6.07) is 7.97. The molecule has 5 heteroatoms. The molecule has 17 heavy (non-hydrogen) atoms. The minimum Gasteiger partial charge on any atom is -0.484 e. The van der Waals surface area contributed by atoms with E-state index < -0.39 is 0 Å². The third kappa shape index (κ3) is 3.57. The Balaban J connectivity index is 1.89. The van der Waals surface area contributed by atoms with Crippen molar-refractivity contribution in [2.24, 2.45) is 0 Å². The summed E-state index contributed by atoms with van der Waals surface area (Å²) in [5.74, 6) is 1.27. The second-order valence-corrected chi connectivity index (χ2v) is 4.01. The molecular formula is C12H15N3O2. The zero-order valence-corrected chi connectivity index (χ0v) is 9.96. The van der Waals surface area contributed by atoms with E-state index >= 15 is 0 Å². The number of hydrogen-bond acceptors (Lipinski definition) is 5. The highest BCUT2D eigenvalue weighted by Crippen LogP contribution is 2.14. The molecule has 2 rings (SSSR count). The van der Waals surface area contributed by atoms with E-state index in [1.165, 1.54) is 11.9 Å². The highest BCUT2D eigenvalue weighted by molar-refractivity contribution is 5.27. The molecule has 0 aliphatic carbocycles. The topological polar surface area (TPSA) is 51.4 Å². The highest BCUT2D eigenvalue weighted by atomic mass is 16.5. The maximum Gasteiger partial charge on any atom is 0.264 e. The highest BCUT2D eigenvalue weighted by Gasteiger charge is 2.01. The van der Waals surface area contributed by atoms with Crippen LogP contribution >= 0.6 is 0 Å². The first-order valence-electron chi connectivity index (χ1n) is 5.36. The second-order valence-electron chi connectivity index (χ2n) is 4.01. The molecule has 0 amide bonds. The van der Waals surface area contributed by atoms with Gasteiger partial charge in [-0.1, -0.05) is 17.3 Å².